The maximum Gasteiger partial charge on any atom is 0.132 e. The van der Waals surface area contributed by atoms with E-state index in [9.17, 15) is 4.79 Å². The average Bonchev–Trinajstić information content (AvgIpc) is 2.34. The second kappa shape index (κ2) is 2.33. The second-order valence-corrected chi connectivity index (χ2v) is 1.64. The van der Waals surface area contributed by atoms with E-state index < -0.39 is 0 Å². The van der Waals surface area contributed by atoms with Crippen LogP contribution in [0.1, 0.15) is 0 Å². The molecule has 0 spiro atoms. The Kier molecular flexibility index (Phi) is 1.52. The molecule has 0 aliphatic heterocycles. The largest absolute Gasteiger partial charge is 0.497 e. The predicted octanol–water partition coefficient (Wildman–Crippen LogP) is 0.845. The number of allylic oxidation sites excluding steroid dienone is 4. The summed E-state index contributed by atoms with van der Waals surface area (Å²) in [6, 6.07) is 0. The van der Waals surface area contributed by atoms with Crippen molar-refractivity contribution in [3.05, 3.63) is 29.6 Å². The molecule has 2 nitrogen and oxygen atoms in total. The molecule has 0 aromatic heterocycles. The highest BCUT2D eigenvalue weighted by molar-refractivity contribution is 5.65. The van der Waals surface area contributed by atoms with Crippen LogP contribution in [0.4, 0.5) is 0 Å². The minimum Gasteiger partial charge on any atom is -0.497 e. The van der Waals surface area contributed by atoms with Gasteiger partial charge in [0.05, 0.1) is 12.7 Å². The Balaban J connectivity index is 2.86. The van der Waals surface area contributed by atoms with E-state index in [0.717, 1.165) is 0 Å². The van der Waals surface area contributed by atoms with E-state index in [2.05, 4.69) is 0 Å². The maximum atomic E-state index is 9.96. The summed E-state index contributed by atoms with van der Waals surface area (Å²) in [5.41, 5.74) is 0.534. The third-order valence-electron chi connectivity index (χ3n) is 1.08. The van der Waals surface area contributed by atoms with Crippen molar-refractivity contribution in [3.8, 4) is 0 Å². The van der Waals surface area contributed by atoms with Crippen LogP contribution in [-0.2, 0) is 9.53 Å². The fourth-order valence-corrected chi connectivity index (χ4v) is 0.612. The molecule has 1 aliphatic rings. The van der Waals surface area contributed by atoms with Crippen LogP contribution in [0.15, 0.2) is 29.6 Å². The van der Waals surface area contributed by atoms with Gasteiger partial charge in [0.2, 0.25) is 0 Å². The molecule has 0 aromatic carbocycles. The number of methoxy groups -OCH3 is 1. The van der Waals surface area contributed by atoms with Gasteiger partial charge in [-0.1, -0.05) is 0 Å². The topological polar surface area (TPSA) is 26.3 Å². The van der Waals surface area contributed by atoms with Crippen LogP contribution in [-0.4, -0.2) is 13.1 Å². The second-order valence-electron chi connectivity index (χ2n) is 1.64. The number of carbonyl (C=O) groups excluding carboxylic acids is 1. The molecule has 0 radical (unpaired) electrons. The van der Waals surface area contributed by atoms with E-state index in [0.29, 0.717) is 11.3 Å². The van der Waals surface area contributed by atoms with Crippen molar-refractivity contribution in [1.82, 2.24) is 0 Å². The Morgan fingerprint density at radius 1 is 1.56 bits per heavy atom. The van der Waals surface area contributed by atoms with Gasteiger partial charge in [-0.3, -0.25) is 0 Å². The van der Waals surface area contributed by atoms with Gasteiger partial charge < -0.3 is 4.74 Å². The quantitative estimate of drug-likeness (QED) is 0.482. The average molecular weight is 122 g/mol. The summed E-state index contributed by atoms with van der Waals surface area (Å²) < 4.78 is 4.82. The lowest BCUT2D eigenvalue weighted by Gasteiger charge is -1.90. The first-order valence-corrected chi connectivity index (χ1v) is 2.55. The molecule has 0 N–H and O–H groups in total. The van der Waals surface area contributed by atoms with E-state index >= 15 is 0 Å². The molecule has 0 saturated heterocycles. The molecule has 0 fully saturated rings. The van der Waals surface area contributed by atoms with Crippen LogP contribution in [0, 0.1) is 0 Å². The molecule has 0 amide bonds. The molecule has 0 atom stereocenters. The van der Waals surface area contributed by atoms with Crippen molar-refractivity contribution in [2.24, 2.45) is 0 Å². The van der Waals surface area contributed by atoms with Gasteiger partial charge in [0.1, 0.15) is 11.7 Å². The highest BCUT2D eigenvalue weighted by atomic mass is 16.5. The summed E-state index contributed by atoms with van der Waals surface area (Å²) in [6.45, 7) is 0. The molecule has 0 heterocycles. The van der Waals surface area contributed by atoms with Gasteiger partial charge in [0, 0.05) is 0 Å². The van der Waals surface area contributed by atoms with Gasteiger partial charge in [-0.25, -0.2) is 4.79 Å². The lowest BCUT2D eigenvalue weighted by atomic mass is 10.3. The van der Waals surface area contributed by atoms with Crippen molar-refractivity contribution >= 4 is 5.94 Å². The molecule has 1 aliphatic carbocycles. The van der Waals surface area contributed by atoms with Gasteiger partial charge in [0.15, 0.2) is 0 Å². The van der Waals surface area contributed by atoms with Gasteiger partial charge in [-0.05, 0) is 18.2 Å². The van der Waals surface area contributed by atoms with Crippen LogP contribution in [0.3, 0.4) is 0 Å². The van der Waals surface area contributed by atoms with Crippen molar-refractivity contribution in [3.63, 3.8) is 0 Å². The molecule has 2 heteroatoms. The Bertz CT molecular complexity index is 217. The summed E-state index contributed by atoms with van der Waals surface area (Å²) in [5.74, 6) is 2.45. The van der Waals surface area contributed by atoms with Gasteiger partial charge >= 0.3 is 0 Å². The number of hydrogen-bond donors (Lipinski definition) is 0. The Morgan fingerprint density at radius 2 is 2.33 bits per heavy atom. The molecule has 0 bridgehead atoms. The third kappa shape index (κ3) is 1.09. The molecule has 0 saturated carbocycles. The highest BCUT2D eigenvalue weighted by Gasteiger charge is 2.00. The van der Waals surface area contributed by atoms with E-state index in [1.165, 1.54) is 0 Å². The SMILES string of the molecule is COC1=CC(=C=O)C=C1. The number of hydrogen-bond acceptors (Lipinski definition) is 2. The first-order valence-electron chi connectivity index (χ1n) is 2.55. The molecule has 9 heavy (non-hydrogen) atoms. The van der Waals surface area contributed by atoms with Crippen LogP contribution in [0.5, 0.6) is 0 Å². The van der Waals surface area contributed by atoms with E-state index in [1.54, 1.807) is 31.3 Å². The zero-order valence-corrected chi connectivity index (χ0v) is 5.05. The fraction of sp³-hybridized carbons (Fsp3) is 0.143. The molecule has 0 aromatic rings. The van der Waals surface area contributed by atoms with E-state index in [-0.39, 0.29) is 0 Å². The molecule has 0 unspecified atom stereocenters. The normalized spacial score (nSPS) is 15.2. The Hall–Kier alpha value is -1.27. The summed E-state index contributed by atoms with van der Waals surface area (Å²) in [7, 11) is 1.56. The molecular weight excluding hydrogens is 116 g/mol. The summed E-state index contributed by atoms with van der Waals surface area (Å²) in [6.07, 6.45) is 5.01. The third-order valence-corrected chi connectivity index (χ3v) is 1.08. The van der Waals surface area contributed by atoms with E-state index in [4.69, 9.17) is 4.74 Å². The Morgan fingerprint density at radius 3 is 2.67 bits per heavy atom. The first-order chi connectivity index (χ1) is 4.36. The monoisotopic (exact) mass is 122 g/mol. The van der Waals surface area contributed by atoms with Crippen molar-refractivity contribution in [2.75, 3.05) is 7.11 Å². The van der Waals surface area contributed by atoms with E-state index in [1.807, 2.05) is 0 Å². The van der Waals surface area contributed by atoms with Crippen LogP contribution < -0.4 is 0 Å². The highest BCUT2D eigenvalue weighted by Crippen LogP contribution is 2.11. The van der Waals surface area contributed by atoms with Crippen molar-refractivity contribution in [1.29, 1.82) is 0 Å². The van der Waals surface area contributed by atoms with Crippen molar-refractivity contribution in [2.45, 2.75) is 0 Å². The van der Waals surface area contributed by atoms with Crippen molar-refractivity contribution < 1.29 is 9.53 Å². The number of rotatable bonds is 1. The molecule has 1 rings (SSSR count). The minimum absolute atomic E-state index is 0.534. The summed E-state index contributed by atoms with van der Waals surface area (Å²) in [4.78, 5) is 9.96. The maximum absolute atomic E-state index is 9.96. The van der Waals surface area contributed by atoms with Crippen LogP contribution in [0.2, 0.25) is 0 Å². The fourth-order valence-electron chi connectivity index (χ4n) is 0.612. The first kappa shape index (κ1) is 5.86. The molecular formula is C7H6O2. The summed E-state index contributed by atoms with van der Waals surface area (Å²) in [5, 5.41) is 0. The zero-order valence-electron chi connectivity index (χ0n) is 5.05. The zero-order chi connectivity index (χ0) is 6.69. The predicted molar refractivity (Wildman–Crippen MR) is 33.4 cm³/mol. The minimum atomic E-state index is 0.534. The van der Waals surface area contributed by atoms with Gasteiger partial charge in [-0.2, -0.15) is 0 Å². The molecule has 46 valence electrons. The number of ether oxygens (including phenoxy) is 1. The standard InChI is InChI=1S/C7H6O2/c1-9-7-3-2-6(4-7)5-8/h2-4H,1H3. The van der Waals surface area contributed by atoms with Gasteiger partial charge in [0.25, 0.3) is 0 Å². The van der Waals surface area contributed by atoms with Crippen LogP contribution in [0.25, 0.3) is 0 Å². The Labute approximate surface area is 53.1 Å². The summed E-state index contributed by atoms with van der Waals surface area (Å²) >= 11 is 0. The van der Waals surface area contributed by atoms with Crippen LogP contribution >= 0.6 is 0 Å². The smallest absolute Gasteiger partial charge is 0.132 e. The lowest BCUT2D eigenvalue weighted by molar-refractivity contribution is 0.308. The lowest BCUT2D eigenvalue weighted by Crippen LogP contribution is -1.75. The van der Waals surface area contributed by atoms with Gasteiger partial charge in [-0.15, -0.1) is 0 Å².